The van der Waals surface area contributed by atoms with Crippen LogP contribution in [0.15, 0.2) is 47.6 Å². The van der Waals surface area contributed by atoms with E-state index in [4.69, 9.17) is 0 Å². The van der Waals surface area contributed by atoms with Gasteiger partial charge >= 0.3 is 0 Å². The van der Waals surface area contributed by atoms with Gasteiger partial charge in [-0.25, -0.2) is 18.4 Å². The van der Waals surface area contributed by atoms with E-state index in [2.05, 4.69) is 14.9 Å². The van der Waals surface area contributed by atoms with Gasteiger partial charge in [-0.15, -0.1) is 0 Å². The van der Waals surface area contributed by atoms with Crippen molar-refractivity contribution in [2.75, 3.05) is 44.2 Å². The van der Waals surface area contributed by atoms with E-state index in [0.29, 0.717) is 50.8 Å². The zero-order valence-electron chi connectivity index (χ0n) is 16.3. The van der Waals surface area contributed by atoms with Gasteiger partial charge in [0.15, 0.2) is 0 Å². The highest BCUT2D eigenvalue weighted by atomic mass is 32.2. The lowest BCUT2D eigenvalue weighted by atomic mass is 10.2. The van der Waals surface area contributed by atoms with Crippen LogP contribution in [0, 0.1) is 0 Å². The number of hydrogen-bond donors (Lipinski definition) is 0. The largest absolute Gasteiger partial charge is 0.337 e. The van der Waals surface area contributed by atoms with Crippen molar-refractivity contribution in [3.63, 3.8) is 0 Å². The predicted octanol–water partition coefficient (Wildman–Crippen LogP) is 1.61. The first kappa shape index (κ1) is 19.8. The summed E-state index contributed by atoms with van der Waals surface area (Å²) < 4.78 is 27.0. The quantitative estimate of drug-likeness (QED) is 0.754. The first-order valence-electron chi connectivity index (χ1n) is 9.97. The van der Waals surface area contributed by atoms with Gasteiger partial charge in [-0.2, -0.15) is 4.31 Å². The lowest BCUT2D eigenvalue weighted by molar-refractivity contribution is 0.0746. The Morgan fingerprint density at radius 2 is 1.45 bits per heavy atom. The number of rotatable bonds is 4. The third-order valence-electron chi connectivity index (χ3n) is 5.46. The number of hydrogen-bond acceptors (Lipinski definition) is 6. The molecular weight excluding hydrogens is 390 g/mol. The van der Waals surface area contributed by atoms with Crippen LogP contribution in [0.2, 0.25) is 0 Å². The first-order chi connectivity index (χ1) is 14.1. The van der Waals surface area contributed by atoms with Crippen LogP contribution >= 0.6 is 0 Å². The third kappa shape index (κ3) is 4.25. The molecule has 3 heterocycles. The Balaban J connectivity index is 1.40. The third-order valence-corrected chi connectivity index (χ3v) is 7.37. The summed E-state index contributed by atoms with van der Waals surface area (Å²) in [5.41, 5.74) is 0.506. The average Bonchev–Trinajstić information content (AvgIpc) is 2.80. The molecule has 29 heavy (non-hydrogen) atoms. The number of piperidine rings is 1. The maximum Gasteiger partial charge on any atom is 0.253 e. The average molecular weight is 416 g/mol. The van der Waals surface area contributed by atoms with E-state index in [1.807, 2.05) is 0 Å². The Kier molecular flexibility index (Phi) is 5.77. The number of amides is 1. The number of aromatic nitrogens is 2. The van der Waals surface area contributed by atoms with E-state index in [9.17, 15) is 13.2 Å². The molecule has 1 aromatic heterocycles. The minimum Gasteiger partial charge on any atom is -0.337 e. The number of nitrogens with zero attached hydrogens (tertiary/aromatic N) is 5. The number of sulfonamides is 1. The van der Waals surface area contributed by atoms with Gasteiger partial charge in [-0.1, -0.05) is 6.42 Å². The molecule has 0 unspecified atom stereocenters. The monoisotopic (exact) mass is 415 g/mol. The number of carbonyl (C=O) groups is 1. The Morgan fingerprint density at radius 1 is 0.828 bits per heavy atom. The molecule has 0 spiro atoms. The summed E-state index contributed by atoms with van der Waals surface area (Å²) in [4.78, 5) is 25.4. The first-order valence-corrected chi connectivity index (χ1v) is 11.4. The highest BCUT2D eigenvalue weighted by molar-refractivity contribution is 7.89. The highest BCUT2D eigenvalue weighted by Crippen LogP contribution is 2.21. The molecule has 2 fully saturated rings. The summed E-state index contributed by atoms with van der Waals surface area (Å²) in [5.74, 6) is 0.590. The van der Waals surface area contributed by atoms with Gasteiger partial charge in [0, 0.05) is 57.2 Å². The molecule has 0 N–H and O–H groups in total. The predicted molar refractivity (Wildman–Crippen MR) is 109 cm³/mol. The van der Waals surface area contributed by atoms with Crippen LogP contribution in [-0.4, -0.2) is 72.8 Å². The van der Waals surface area contributed by atoms with E-state index >= 15 is 0 Å². The van der Waals surface area contributed by atoms with Crippen LogP contribution in [0.25, 0.3) is 0 Å². The molecule has 0 aliphatic carbocycles. The van der Waals surface area contributed by atoms with Crippen LogP contribution < -0.4 is 4.90 Å². The number of anilines is 1. The molecule has 2 aliphatic heterocycles. The lowest BCUT2D eigenvalue weighted by Crippen LogP contribution is -2.49. The van der Waals surface area contributed by atoms with Crippen LogP contribution in [-0.2, 0) is 10.0 Å². The van der Waals surface area contributed by atoms with Crippen molar-refractivity contribution in [2.45, 2.75) is 24.2 Å². The minimum absolute atomic E-state index is 0.0828. The molecule has 154 valence electrons. The van der Waals surface area contributed by atoms with Crippen molar-refractivity contribution in [3.05, 3.63) is 48.3 Å². The maximum absolute atomic E-state index is 12.8. The fourth-order valence-electron chi connectivity index (χ4n) is 3.77. The smallest absolute Gasteiger partial charge is 0.253 e. The highest BCUT2D eigenvalue weighted by Gasteiger charge is 2.27. The number of piperazine rings is 1. The van der Waals surface area contributed by atoms with Crippen molar-refractivity contribution in [3.8, 4) is 0 Å². The Morgan fingerprint density at radius 3 is 2.07 bits per heavy atom. The summed E-state index contributed by atoms with van der Waals surface area (Å²) >= 11 is 0. The summed E-state index contributed by atoms with van der Waals surface area (Å²) in [5, 5.41) is 0. The molecule has 4 rings (SSSR count). The molecule has 2 aromatic rings. The molecule has 8 nitrogen and oxygen atoms in total. The summed E-state index contributed by atoms with van der Waals surface area (Å²) in [6.45, 7) is 3.61. The van der Waals surface area contributed by atoms with E-state index in [0.717, 1.165) is 19.3 Å². The summed E-state index contributed by atoms with van der Waals surface area (Å²) in [6.07, 6.45) is 6.29. The fraction of sp³-hybridized carbons (Fsp3) is 0.450. The molecule has 0 atom stereocenters. The van der Waals surface area contributed by atoms with Crippen LogP contribution in [0.3, 0.4) is 0 Å². The zero-order chi connectivity index (χ0) is 20.3. The molecule has 0 bridgehead atoms. The van der Waals surface area contributed by atoms with E-state index in [1.165, 1.54) is 4.31 Å². The number of carbonyl (C=O) groups excluding carboxylic acids is 1. The van der Waals surface area contributed by atoms with Crippen LogP contribution in [0.5, 0.6) is 0 Å². The second-order valence-electron chi connectivity index (χ2n) is 7.32. The van der Waals surface area contributed by atoms with Gasteiger partial charge in [0.25, 0.3) is 5.91 Å². The van der Waals surface area contributed by atoms with E-state index in [1.54, 1.807) is 47.6 Å². The molecule has 9 heteroatoms. The maximum atomic E-state index is 12.8. The van der Waals surface area contributed by atoms with Crippen molar-refractivity contribution in [1.82, 2.24) is 19.2 Å². The van der Waals surface area contributed by atoms with Gasteiger partial charge in [0.05, 0.1) is 4.90 Å². The van der Waals surface area contributed by atoms with Crippen molar-refractivity contribution >= 4 is 21.9 Å². The van der Waals surface area contributed by atoms with Gasteiger partial charge < -0.3 is 9.80 Å². The van der Waals surface area contributed by atoms with E-state index in [-0.39, 0.29) is 10.8 Å². The second kappa shape index (κ2) is 8.46. The molecular formula is C20H25N5O3S. The fourth-order valence-corrected chi connectivity index (χ4v) is 5.29. The topological polar surface area (TPSA) is 86.7 Å². The molecule has 1 aromatic carbocycles. The molecule has 2 aliphatic rings. The lowest BCUT2D eigenvalue weighted by Gasteiger charge is -2.34. The summed E-state index contributed by atoms with van der Waals surface area (Å²) in [6, 6.07) is 8.10. The van der Waals surface area contributed by atoms with E-state index < -0.39 is 10.0 Å². The summed E-state index contributed by atoms with van der Waals surface area (Å²) in [7, 11) is -3.48. The Labute approximate surface area is 171 Å². The van der Waals surface area contributed by atoms with Gasteiger partial charge in [0.1, 0.15) is 0 Å². The standard InChI is InChI=1S/C20H25N5O3S/c26-19(23-13-15-24(16-14-23)20-21-9-4-10-22-20)17-5-7-18(8-6-17)29(27,28)25-11-2-1-3-12-25/h4-10H,1-3,11-16H2. The second-order valence-corrected chi connectivity index (χ2v) is 9.26. The zero-order valence-corrected chi connectivity index (χ0v) is 17.1. The molecule has 2 saturated heterocycles. The molecule has 1 amide bonds. The number of benzene rings is 1. The van der Waals surface area contributed by atoms with Gasteiger partial charge in [-0.05, 0) is 43.2 Å². The van der Waals surface area contributed by atoms with Crippen molar-refractivity contribution in [2.24, 2.45) is 0 Å². The van der Waals surface area contributed by atoms with Crippen LogP contribution in [0.1, 0.15) is 29.6 Å². The van der Waals surface area contributed by atoms with Crippen molar-refractivity contribution < 1.29 is 13.2 Å². The Hall–Kier alpha value is -2.52. The van der Waals surface area contributed by atoms with Gasteiger partial charge in [0.2, 0.25) is 16.0 Å². The molecule has 0 saturated carbocycles. The Bertz CT molecular complexity index is 936. The van der Waals surface area contributed by atoms with Crippen LogP contribution in [0.4, 0.5) is 5.95 Å². The molecule has 0 radical (unpaired) electrons. The normalized spacial score (nSPS) is 18.6. The minimum atomic E-state index is -3.48. The van der Waals surface area contributed by atoms with Crippen molar-refractivity contribution in [1.29, 1.82) is 0 Å². The van der Waals surface area contributed by atoms with Gasteiger partial charge in [-0.3, -0.25) is 4.79 Å². The SMILES string of the molecule is O=C(c1ccc(S(=O)(=O)N2CCCCC2)cc1)N1CCN(c2ncccn2)CC1.